The number of allylic oxidation sites excluding steroid dienone is 6. The van der Waals surface area contributed by atoms with Crippen LogP contribution < -0.4 is 9.80 Å². The van der Waals surface area contributed by atoms with E-state index < -0.39 is 56.7 Å². The van der Waals surface area contributed by atoms with Crippen molar-refractivity contribution >= 4 is 46.1 Å². The number of fused-ring (bicyclic) bond motifs is 3. The summed E-state index contributed by atoms with van der Waals surface area (Å²) in [6.07, 6.45) is 3.17. The number of hydrogen-bond donors (Lipinski definition) is 1. The Balaban J connectivity index is 1.48. The van der Waals surface area contributed by atoms with Gasteiger partial charge in [0.25, 0.3) is 0 Å². The molecule has 2 aromatic rings. The van der Waals surface area contributed by atoms with E-state index >= 15 is 0 Å². The van der Waals surface area contributed by atoms with Crippen LogP contribution in [0.2, 0.25) is 0 Å². The van der Waals surface area contributed by atoms with Crippen LogP contribution >= 0.6 is 0 Å². The maximum atomic E-state index is 14.1. The molecular weight excluding hydrogens is 572 g/mol. The zero-order valence-electron chi connectivity index (χ0n) is 23.8. The second-order valence-corrected chi connectivity index (χ2v) is 11.6. The topological polar surface area (TPSA) is 181 Å². The second-order valence-electron chi connectivity index (χ2n) is 11.6. The number of phenolic OH excluding ortho intramolecular Hbond substituents is 1. The summed E-state index contributed by atoms with van der Waals surface area (Å²) in [4.78, 5) is 79.0. The summed E-state index contributed by atoms with van der Waals surface area (Å²) in [5, 5.41) is 34.2. The first kappa shape index (κ1) is 28.6. The zero-order valence-corrected chi connectivity index (χ0v) is 23.8. The highest BCUT2D eigenvalue weighted by atomic mass is 16.6. The quantitative estimate of drug-likeness (QED) is 0.174. The van der Waals surface area contributed by atoms with Crippen molar-refractivity contribution in [1.29, 1.82) is 0 Å². The maximum absolute atomic E-state index is 14.1. The first-order valence-electron chi connectivity index (χ1n) is 13.8. The zero-order chi connectivity index (χ0) is 31.8. The molecule has 3 aliphatic carbocycles. The molecule has 1 saturated heterocycles. The molecule has 4 atom stereocenters. The largest absolute Gasteiger partial charge is 0.508 e. The van der Waals surface area contributed by atoms with Gasteiger partial charge in [-0.3, -0.25) is 39.4 Å². The summed E-state index contributed by atoms with van der Waals surface area (Å²) < 4.78 is 0. The van der Waals surface area contributed by atoms with Crippen molar-refractivity contribution in [3.8, 4) is 5.75 Å². The van der Waals surface area contributed by atoms with Crippen LogP contribution in [0.4, 0.5) is 22.7 Å². The van der Waals surface area contributed by atoms with Gasteiger partial charge in [-0.2, -0.15) is 0 Å². The number of nitro benzene ring substituents is 2. The SMILES string of the molecule is CC1=CC(=O)C2=C(C1=O)C(c1cccc(O)c1)C1=CCC3C(=O)N(c4cc([N+](=O)[O-])c(N(C)C)c([N+](=O)[O-])c4)C(=O)C3C1C2. The highest BCUT2D eigenvalue weighted by molar-refractivity contribution is 6.25. The molecule has 1 N–H and O–H groups in total. The Kier molecular flexibility index (Phi) is 6.56. The number of rotatable bonds is 5. The number of anilines is 2. The molecule has 0 bridgehead atoms. The minimum Gasteiger partial charge on any atom is -0.508 e. The fourth-order valence-electron chi connectivity index (χ4n) is 7.15. The predicted octanol–water partition coefficient (Wildman–Crippen LogP) is 3.91. The highest BCUT2D eigenvalue weighted by Crippen LogP contribution is 2.56. The Bertz CT molecular complexity index is 1800. The van der Waals surface area contributed by atoms with E-state index in [1.54, 1.807) is 25.1 Å². The van der Waals surface area contributed by atoms with Crippen LogP contribution in [0, 0.1) is 38.0 Å². The molecule has 0 aromatic heterocycles. The number of amides is 2. The van der Waals surface area contributed by atoms with Crippen LogP contribution in [0.5, 0.6) is 5.75 Å². The molecule has 0 radical (unpaired) electrons. The van der Waals surface area contributed by atoms with Gasteiger partial charge in [-0.1, -0.05) is 23.8 Å². The molecule has 4 aliphatic rings. The van der Waals surface area contributed by atoms with Crippen molar-refractivity contribution in [2.75, 3.05) is 23.9 Å². The van der Waals surface area contributed by atoms with E-state index in [1.807, 2.05) is 0 Å². The summed E-state index contributed by atoms with van der Waals surface area (Å²) in [7, 11) is 2.82. The predicted molar refractivity (Wildman–Crippen MR) is 156 cm³/mol. The van der Waals surface area contributed by atoms with Crippen LogP contribution in [0.15, 0.2) is 70.8 Å². The molecule has 1 aliphatic heterocycles. The Morgan fingerprint density at radius 2 is 1.61 bits per heavy atom. The van der Waals surface area contributed by atoms with Gasteiger partial charge in [-0.05, 0) is 49.5 Å². The lowest BCUT2D eigenvalue weighted by molar-refractivity contribution is -0.392. The van der Waals surface area contributed by atoms with Gasteiger partial charge >= 0.3 is 11.4 Å². The van der Waals surface area contributed by atoms with Crippen LogP contribution in [-0.4, -0.2) is 52.4 Å². The molecule has 13 nitrogen and oxygen atoms in total. The lowest BCUT2D eigenvalue weighted by Crippen LogP contribution is -2.39. The van der Waals surface area contributed by atoms with Gasteiger partial charge in [-0.15, -0.1) is 0 Å². The Morgan fingerprint density at radius 3 is 2.20 bits per heavy atom. The number of benzene rings is 2. The highest BCUT2D eigenvalue weighted by Gasteiger charge is 2.57. The van der Waals surface area contributed by atoms with Gasteiger partial charge in [-0.25, -0.2) is 4.90 Å². The van der Waals surface area contributed by atoms with Crippen LogP contribution in [0.25, 0.3) is 0 Å². The first-order valence-corrected chi connectivity index (χ1v) is 13.8. The van der Waals surface area contributed by atoms with Crippen LogP contribution in [-0.2, 0) is 19.2 Å². The Hall–Kier alpha value is -5.46. The van der Waals surface area contributed by atoms with E-state index in [0.29, 0.717) is 11.1 Å². The molecule has 224 valence electrons. The van der Waals surface area contributed by atoms with Crippen molar-refractivity contribution < 1.29 is 34.1 Å². The number of phenols is 1. The van der Waals surface area contributed by atoms with Crippen LogP contribution in [0.1, 0.15) is 31.2 Å². The number of imide groups is 1. The Labute approximate surface area is 250 Å². The molecule has 2 amide bonds. The number of aromatic hydroxyl groups is 1. The standard InChI is InChI=1S/C31H26N4O9/c1-14-9-24(37)21-13-20-18(25(27(21)29(14)38)15-5-4-6-17(36)10-15)7-8-19-26(20)31(40)33(30(19)39)16-11-22(34(41)42)28(32(2)3)23(12-16)35(43)44/h4-7,9-12,19-20,25-26,36H,8,13H2,1-3H3. The van der Waals surface area contributed by atoms with Crippen molar-refractivity contribution in [3.63, 3.8) is 0 Å². The molecule has 2 aromatic carbocycles. The van der Waals surface area contributed by atoms with Gasteiger partial charge < -0.3 is 10.0 Å². The summed E-state index contributed by atoms with van der Waals surface area (Å²) in [6.45, 7) is 1.55. The number of ketones is 2. The molecule has 4 unspecified atom stereocenters. The molecule has 0 spiro atoms. The molecule has 1 heterocycles. The van der Waals surface area contributed by atoms with Crippen molar-refractivity contribution in [3.05, 3.63) is 96.6 Å². The minimum atomic E-state index is -0.988. The van der Waals surface area contributed by atoms with E-state index in [9.17, 15) is 44.5 Å². The number of hydrogen-bond acceptors (Lipinski definition) is 10. The molecule has 44 heavy (non-hydrogen) atoms. The van der Waals surface area contributed by atoms with E-state index in [1.165, 1.54) is 37.2 Å². The monoisotopic (exact) mass is 598 g/mol. The third kappa shape index (κ3) is 4.14. The molecule has 0 saturated carbocycles. The second kappa shape index (κ2) is 10.1. The summed E-state index contributed by atoms with van der Waals surface area (Å²) in [5.74, 6) is -5.41. The van der Waals surface area contributed by atoms with Gasteiger partial charge in [0.1, 0.15) is 5.75 Å². The Morgan fingerprint density at radius 1 is 0.955 bits per heavy atom. The molecule has 1 fully saturated rings. The molecule has 13 heteroatoms. The lowest BCUT2D eigenvalue weighted by atomic mass is 9.59. The van der Waals surface area contributed by atoms with E-state index in [2.05, 4.69) is 0 Å². The average molecular weight is 599 g/mol. The van der Waals surface area contributed by atoms with E-state index in [-0.39, 0.29) is 58.3 Å². The number of carbonyl (C=O) groups is 4. The van der Waals surface area contributed by atoms with Crippen molar-refractivity contribution in [2.45, 2.75) is 25.7 Å². The summed E-state index contributed by atoms with van der Waals surface area (Å²) in [5.41, 5.74) is 0.136. The average Bonchev–Trinajstić information content (AvgIpc) is 3.23. The van der Waals surface area contributed by atoms with E-state index in [0.717, 1.165) is 17.0 Å². The number of nitrogens with zero attached hydrogens (tertiary/aromatic N) is 4. The van der Waals surface area contributed by atoms with Crippen molar-refractivity contribution in [2.24, 2.45) is 17.8 Å². The van der Waals surface area contributed by atoms with E-state index in [4.69, 9.17) is 0 Å². The molecular formula is C31H26N4O9. The fourth-order valence-corrected chi connectivity index (χ4v) is 7.15. The maximum Gasteiger partial charge on any atom is 0.301 e. The number of Topliss-reactive ketones (excluding diaryl/α,β-unsaturated/α-hetero) is 1. The smallest absolute Gasteiger partial charge is 0.301 e. The minimum absolute atomic E-state index is 0.0126. The molecule has 6 rings (SSSR count). The van der Waals surface area contributed by atoms with Crippen LogP contribution in [0.3, 0.4) is 0 Å². The van der Waals surface area contributed by atoms with Gasteiger partial charge in [0.2, 0.25) is 11.8 Å². The summed E-state index contributed by atoms with van der Waals surface area (Å²) >= 11 is 0. The number of carbonyl (C=O) groups excluding carboxylic acids is 4. The normalized spacial score (nSPS) is 24.4. The summed E-state index contributed by atoms with van der Waals surface area (Å²) in [6, 6.07) is 8.26. The van der Waals surface area contributed by atoms with Gasteiger partial charge in [0, 0.05) is 48.9 Å². The van der Waals surface area contributed by atoms with Gasteiger partial charge in [0.15, 0.2) is 17.3 Å². The van der Waals surface area contributed by atoms with Gasteiger partial charge in [0.05, 0.1) is 27.4 Å². The fraction of sp³-hybridized carbons (Fsp3) is 0.290. The number of nitro groups is 2. The lowest BCUT2D eigenvalue weighted by Gasteiger charge is -2.42. The third-order valence-corrected chi connectivity index (χ3v) is 8.92. The van der Waals surface area contributed by atoms with Crippen molar-refractivity contribution in [1.82, 2.24) is 0 Å². The first-order chi connectivity index (χ1) is 20.8. The third-order valence-electron chi connectivity index (χ3n) is 8.92.